The van der Waals surface area contributed by atoms with Crippen molar-refractivity contribution in [3.63, 3.8) is 0 Å². The van der Waals surface area contributed by atoms with Gasteiger partial charge in [0, 0.05) is 51.6 Å². The van der Waals surface area contributed by atoms with Gasteiger partial charge in [-0.25, -0.2) is 0 Å². The first-order chi connectivity index (χ1) is 12.5. The number of hydrogen-bond acceptors (Lipinski definition) is 4. The van der Waals surface area contributed by atoms with Crippen molar-refractivity contribution in [2.75, 3.05) is 44.6 Å². The highest BCUT2D eigenvalue weighted by molar-refractivity contribution is 5.92. The molecule has 2 aliphatic rings. The zero-order chi connectivity index (χ0) is 18.7. The van der Waals surface area contributed by atoms with E-state index >= 15 is 0 Å². The van der Waals surface area contributed by atoms with E-state index in [-0.39, 0.29) is 24.3 Å². The molecule has 6 nitrogen and oxygen atoms in total. The molecule has 3 rings (SSSR count). The Morgan fingerprint density at radius 2 is 1.92 bits per heavy atom. The van der Waals surface area contributed by atoms with Gasteiger partial charge in [-0.15, -0.1) is 0 Å². The van der Waals surface area contributed by atoms with E-state index in [1.54, 1.807) is 0 Å². The van der Waals surface area contributed by atoms with Gasteiger partial charge in [0.05, 0.1) is 0 Å². The molecule has 2 amide bonds. The SMILES string of the molecule is COCC(=O)Nc1ccc(N(C)C)c(CN(CC2CC2)C(=O)C2CC2)c1. The Morgan fingerprint density at radius 1 is 1.19 bits per heavy atom. The molecule has 6 heteroatoms. The molecular formula is C20H29N3O3. The van der Waals surface area contributed by atoms with Crippen molar-refractivity contribution in [3.8, 4) is 0 Å². The molecule has 1 aromatic carbocycles. The van der Waals surface area contributed by atoms with Crippen LogP contribution in [-0.4, -0.2) is 51.1 Å². The van der Waals surface area contributed by atoms with Gasteiger partial charge in [0.1, 0.15) is 6.61 Å². The van der Waals surface area contributed by atoms with Crippen LogP contribution in [0.3, 0.4) is 0 Å². The second kappa shape index (κ2) is 8.08. The lowest BCUT2D eigenvalue weighted by Gasteiger charge is -2.26. The standard InChI is InChI=1S/C20H29N3O3/c1-22(2)18-9-8-17(21-19(24)13-26-3)10-16(18)12-23(11-14-4-5-14)20(25)15-6-7-15/h8-10,14-15H,4-7,11-13H2,1-3H3,(H,21,24). The smallest absolute Gasteiger partial charge is 0.250 e. The number of nitrogens with zero attached hydrogens (tertiary/aromatic N) is 2. The monoisotopic (exact) mass is 359 g/mol. The summed E-state index contributed by atoms with van der Waals surface area (Å²) in [4.78, 5) is 28.6. The van der Waals surface area contributed by atoms with Gasteiger partial charge < -0.3 is 19.9 Å². The molecular weight excluding hydrogens is 330 g/mol. The Morgan fingerprint density at radius 3 is 2.50 bits per heavy atom. The van der Waals surface area contributed by atoms with E-state index in [2.05, 4.69) is 5.32 Å². The highest BCUT2D eigenvalue weighted by Gasteiger charge is 2.36. The van der Waals surface area contributed by atoms with Gasteiger partial charge in [0.2, 0.25) is 11.8 Å². The zero-order valence-corrected chi connectivity index (χ0v) is 16.0. The molecule has 1 N–H and O–H groups in total. The van der Waals surface area contributed by atoms with E-state index in [9.17, 15) is 9.59 Å². The molecule has 0 spiro atoms. The first-order valence-corrected chi connectivity index (χ1v) is 9.35. The van der Waals surface area contributed by atoms with Crippen molar-refractivity contribution in [3.05, 3.63) is 23.8 Å². The largest absolute Gasteiger partial charge is 0.377 e. The van der Waals surface area contributed by atoms with Crippen LogP contribution in [0, 0.1) is 11.8 Å². The van der Waals surface area contributed by atoms with Gasteiger partial charge in [0.15, 0.2) is 0 Å². The lowest BCUT2D eigenvalue weighted by Crippen LogP contribution is -2.34. The summed E-state index contributed by atoms with van der Waals surface area (Å²) in [6.45, 7) is 1.47. The second-order valence-electron chi connectivity index (χ2n) is 7.66. The third-order valence-corrected chi connectivity index (χ3v) is 4.90. The van der Waals surface area contributed by atoms with Gasteiger partial charge in [-0.1, -0.05) is 0 Å². The second-order valence-corrected chi connectivity index (χ2v) is 7.66. The summed E-state index contributed by atoms with van der Waals surface area (Å²) in [6, 6.07) is 5.86. The van der Waals surface area contributed by atoms with Gasteiger partial charge in [0.25, 0.3) is 0 Å². The van der Waals surface area contributed by atoms with Crippen molar-refractivity contribution < 1.29 is 14.3 Å². The minimum absolute atomic E-state index is 0.0265. The molecule has 26 heavy (non-hydrogen) atoms. The average Bonchev–Trinajstić information content (AvgIpc) is 3.47. The number of anilines is 2. The lowest BCUT2D eigenvalue weighted by molar-refractivity contribution is -0.133. The number of benzene rings is 1. The Kier molecular flexibility index (Phi) is 5.81. The molecule has 0 unspecified atom stereocenters. The predicted octanol–water partition coefficient (Wildman–Crippen LogP) is 2.49. The van der Waals surface area contributed by atoms with E-state index in [1.165, 1.54) is 20.0 Å². The highest BCUT2D eigenvalue weighted by atomic mass is 16.5. The molecule has 2 saturated carbocycles. The van der Waals surface area contributed by atoms with E-state index in [1.807, 2.05) is 42.1 Å². The quantitative estimate of drug-likeness (QED) is 0.736. The Labute approximate surface area is 155 Å². The molecule has 0 aromatic heterocycles. The Hall–Kier alpha value is -2.08. The van der Waals surface area contributed by atoms with Crippen LogP contribution >= 0.6 is 0 Å². The van der Waals surface area contributed by atoms with E-state index < -0.39 is 0 Å². The van der Waals surface area contributed by atoms with E-state index in [0.717, 1.165) is 36.3 Å². The molecule has 0 atom stereocenters. The molecule has 0 aliphatic heterocycles. The Balaban J connectivity index is 1.79. The number of ether oxygens (including phenoxy) is 1. The van der Waals surface area contributed by atoms with Crippen molar-refractivity contribution in [1.82, 2.24) is 4.90 Å². The Bertz CT molecular complexity index is 666. The summed E-state index contributed by atoms with van der Waals surface area (Å²) < 4.78 is 4.87. The molecule has 2 fully saturated rings. The summed E-state index contributed by atoms with van der Waals surface area (Å²) in [5.74, 6) is 0.988. The van der Waals surface area contributed by atoms with Crippen LogP contribution in [0.4, 0.5) is 11.4 Å². The molecule has 0 radical (unpaired) electrons. The summed E-state index contributed by atoms with van der Waals surface area (Å²) in [6.07, 6.45) is 4.49. The van der Waals surface area contributed by atoms with Crippen LogP contribution in [0.5, 0.6) is 0 Å². The first-order valence-electron chi connectivity index (χ1n) is 9.35. The third kappa shape index (κ3) is 4.97. The first kappa shape index (κ1) is 18.7. The van der Waals surface area contributed by atoms with E-state index in [4.69, 9.17) is 4.74 Å². The molecule has 1 aromatic rings. The number of methoxy groups -OCH3 is 1. The van der Waals surface area contributed by atoms with Gasteiger partial charge >= 0.3 is 0 Å². The van der Waals surface area contributed by atoms with Gasteiger partial charge in [-0.05, 0) is 55.4 Å². The predicted molar refractivity (Wildman–Crippen MR) is 102 cm³/mol. The number of nitrogens with one attached hydrogen (secondary N) is 1. The van der Waals surface area contributed by atoms with Crippen LogP contribution in [0.25, 0.3) is 0 Å². The lowest BCUT2D eigenvalue weighted by atomic mass is 10.1. The average molecular weight is 359 g/mol. The fraction of sp³-hybridized carbons (Fsp3) is 0.600. The number of hydrogen-bond donors (Lipinski definition) is 1. The summed E-state index contributed by atoms with van der Waals surface area (Å²) >= 11 is 0. The van der Waals surface area contributed by atoms with Gasteiger partial charge in [-0.3, -0.25) is 9.59 Å². The van der Waals surface area contributed by atoms with Crippen LogP contribution in [0.1, 0.15) is 31.2 Å². The minimum Gasteiger partial charge on any atom is -0.377 e. The number of rotatable bonds is 9. The topological polar surface area (TPSA) is 61.9 Å². The van der Waals surface area contributed by atoms with Crippen LogP contribution in [0.15, 0.2) is 18.2 Å². The maximum atomic E-state index is 12.7. The zero-order valence-electron chi connectivity index (χ0n) is 16.0. The van der Waals surface area contributed by atoms with Crippen molar-refractivity contribution in [2.24, 2.45) is 11.8 Å². The van der Waals surface area contributed by atoms with Gasteiger partial charge in [-0.2, -0.15) is 0 Å². The summed E-state index contributed by atoms with van der Waals surface area (Å²) in [7, 11) is 5.49. The molecule has 0 heterocycles. The molecule has 0 bridgehead atoms. The van der Waals surface area contributed by atoms with Crippen LogP contribution in [0.2, 0.25) is 0 Å². The van der Waals surface area contributed by atoms with E-state index in [0.29, 0.717) is 12.5 Å². The molecule has 142 valence electrons. The highest BCUT2D eigenvalue weighted by Crippen LogP contribution is 2.36. The molecule has 0 saturated heterocycles. The van der Waals surface area contributed by atoms with Crippen molar-refractivity contribution >= 4 is 23.2 Å². The summed E-state index contributed by atoms with van der Waals surface area (Å²) in [5.41, 5.74) is 2.86. The fourth-order valence-electron chi connectivity index (χ4n) is 3.19. The van der Waals surface area contributed by atoms with Crippen LogP contribution in [-0.2, 0) is 20.9 Å². The third-order valence-electron chi connectivity index (χ3n) is 4.90. The minimum atomic E-state index is -0.181. The maximum Gasteiger partial charge on any atom is 0.250 e. The molecule has 2 aliphatic carbocycles. The fourth-order valence-corrected chi connectivity index (χ4v) is 3.19. The normalized spacial score (nSPS) is 16.3. The van der Waals surface area contributed by atoms with Crippen molar-refractivity contribution in [2.45, 2.75) is 32.2 Å². The number of carbonyl (C=O) groups excluding carboxylic acids is 2. The maximum absolute atomic E-state index is 12.7. The number of amides is 2. The summed E-state index contributed by atoms with van der Waals surface area (Å²) in [5, 5.41) is 2.85. The number of carbonyl (C=O) groups is 2. The van der Waals surface area contributed by atoms with Crippen LogP contribution < -0.4 is 10.2 Å². The van der Waals surface area contributed by atoms with Crippen molar-refractivity contribution in [1.29, 1.82) is 0 Å².